The second-order valence-electron chi connectivity index (χ2n) is 3.33. The molecule has 2 saturated heterocycles. The fraction of sp³-hybridized carbons (Fsp3) is 0.750. The van der Waals surface area contributed by atoms with Crippen LogP contribution in [-0.4, -0.2) is 50.3 Å². The molecular weight excluding hydrogens is 188 g/mol. The molecule has 2 aliphatic heterocycles. The fourth-order valence-electron chi connectivity index (χ4n) is 0.945. The summed E-state index contributed by atoms with van der Waals surface area (Å²) in [7, 11) is 0. The zero-order valence-electron chi connectivity index (χ0n) is 7.62. The lowest BCUT2D eigenvalue weighted by molar-refractivity contribution is -0.139. The van der Waals surface area contributed by atoms with Crippen LogP contribution in [0.15, 0.2) is 0 Å². The molecule has 6 nitrogen and oxygen atoms in total. The Morgan fingerprint density at radius 1 is 1.00 bits per heavy atom. The summed E-state index contributed by atoms with van der Waals surface area (Å²) in [5, 5.41) is 4.94. The van der Waals surface area contributed by atoms with Crippen LogP contribution in [-0.2, 0) is 19.1 Å². The minimum Gasteiger partial charge on any atom is -0.371 e. The van der Waals surface area contributed by atoms with Gasteiger partial charge in [0.05, 0.1) is 25.4 Å². The molecule has 0 aromatic rings. The lowest BCUT2D eigenvalue weighted by Crippen LogP contribution is -2.42. The summed E-state index contributed by atoms with van der Waals surface area (Å²) in [6.45, 7) is 2.15. The van der Waals surface area contributed by atoms with Crippen molar-refractivity contribution >= 4 is 11.8 Å². The molecule has 14 heavy (non-hydrogen) atoms. The standard InChI is InChI=1S/C8H12N2O4/c11-7(9-1-5-3-13-5)8(12)10-2-6-4-14-6/h5-6H,1-4H2,(H,9,11)(H,10,12). The second-order valence-corrected chi connectivity index (χ2v) is 3.33. The Balaban J connectivity index is 1.58. The molecule has 2 heterocycles. The van der Waals surface area contributed by atoms with E-state index in [1.165, 1.54) is 0 Å². The number of nitrogens with one attached hydrogen (secondary N) is 2. The maximum absolute atomic E-state index is 11.1. The van der Waals surface area contributed by atoms with E-state index in [4.69, 9.17) is 9.47 Å². The van der Waals surface area contributed by atoms with E-state index in [9.17, 15) is 9.59 Å². The van der Waals surface area contributed by atoms with Crippen molar-refractivity contribution in [3.05, 3.63) is 0 Å². The van der Waals surface area contributed by atoms with E-state index in [1.807, 2.05) is 0 Å². The van der Waals surface area contributed by atoms with Gasteiger partial charge in [0.1, 0.15) is 0 Å². The van der Waals surface area contributed by atoms with E-state index in [0.29, 0.717) is 26.3 Å². The lowest BCUT2D eigenvalue weighted by Gasteiger charge is -2.03. The van der Waals surface area contributed by atoms with E-state index in [0.717, 1.165) is 0 Å². The summed E-state index contributed by atoms with van der Waals surface area (Å²) in [5.41, 5.74) is 0. The van der Waals surface area contributed by atoms with Crippen LogP contribution in [0.25, 0.3) is 0 Å². The highest BCUT2D eigenvalue weighted by Crippen LogP contribution is 2.06. The van der Waals surface area contributed by atoms with Gasteiger partial charge < -0.3 is 20.1 Å². The van der Waals surface area contributed by atoms with Crippen molar-refractivity contribution in [2.75, 3.05) is 26.3 Å². The Hall–Kier alpha value is -1.14. The fourth-order valence-corrected chi connectivity index (χ4v) is 0.945. The van der Waals surface area contributed by atoms with Crippen molar-refractivity contribution in [3.63, 3.8) is 0 Å². The Kier molecular flexibility index (Phi) is 2.64. The van der Waals surface area contributed by atoms with Gasteiger partial charge in [-0.05, 0) is 0 Å². The van der Waals surface area contributed by atoms with Crippen molar-refractivity contribution in [2.45, 2.75) is 12.2 Å². The van der Waals surface area contributed by atoms with Gasteiger partial charge in [0, 0.05) is 13.1 Å². The van der Waals surface area contributed by atoms with Crippen LogP contribution in [0.2, 0.25) is 0 Å². The molecule has 2 fully saturated rings. The molecule has 2 aliphatic rings. The molecule has 2 N–H and O–H groups in total. The maximum atomic E-state index is 11.1. The molecule has 0 aromatic heterocycles. The molecule has 0 bridgehead atoms. The zero-order chi connectivity index (χ0) is 9.97. The van der Waals surface area contributed by atoms with Crippen molar-refractivity contribution in [1.82, 2.24) is 10.6 Å². The summed E-state index contributed by atoms with van der Waals surface area (Å²) < 4.78 is 9.76. The molecule has 2 unspecified atom stereocenters. The lowest BCUT2D eigenvalue weighted by atomic mass is 10.4. The van der Waals surface area contributed by atoms with Crippen LogP contribution in [0.5, 0.6) is 0 Å². The Bertz CT molecular complexity index is 222. The number of hydrogen-bond acceptors (Lipinski definition) is 4. The SMILES string of the molecule is O=C(NCC1CO1)C(=O)NCC1CO1. The topological polar surface area (TPSA) is 83.3 Å². The Morgan fingerprint density at radius 3 is 1.64 bits per heavy atom. The first kappa shape index (κ1) is 9.42. The van der Waals surface area contributed by atoms with Crippen LogP contribution >= 0.6 is 0 Å². The van der Waals surface area contributed by atoms with Gasteiger partial charge in [-0.1, -0.05) is 0 Å². The number of rotatable bonds is 4. The molecule has 0 aromatic carbocycles. The average Bonchev–Trinajstić information content (AvgIpc) is 3.02. The van der Waals surface area contributed by atoms with Crippen molar-refractivity contribution in [3.8, 4) is 0 Å². The highest BCUT2D eigenvalue weighted by Gasteiger charge is 2.26. The number of epoxide rings is 2. The van der Waals surface area contributed by atoms with Gasteiger partial charge >= 0.3 is 11.8 Å². The van der Waals surface area contributed by atoms with Crippen LogP contribution in [0.4, 0.5) is 0 Å². The van der Waals surface area contributed by atoms with Crippen molar-refractivity contribution in [2.24, 2.45) is 0 Å². The van der Waals surface area contributed by atoms with Gasteiger partial charge in [-0.3, -0.25) is 9.59 Å². The highest BCUT2D eigenvalue weighted by molar-refractivity contribution is 6.35. The van der Waals surface area contributed by atoms with Crippen molar-refractivity contribution < 1.29 is 19.1 Å². The van der Waals surface area contributed by atoms with E-state index >= 15 is 0 Å². The van der Waals surface area contributed by atoms with E-state index in [2.05, 4.69) is 10.6 Å². The number of carbonyl (C=O) groups is 2. The first-order valence-corrected chi connectivity index (χ1v) is 4.55. The Morgan fingerprint density at radius 2 is 1.36 bits per heavy atom. The highest BCUT2D eigenvalue weighted by atomic mass is 16.6. The predicted octanol–water partition coefficient (Wildman–Crippen LogP) is -1.98. The van der Waals surface area contributed by atoms with Crippen LogP contribution < -0.4 is 10.6 Å². The maximum Gasteiger partial charge on any atom is 0.309 e. The molecule has 0 spiro atoms. The minimum atomic E-state index is -0.610. The van der Waals surface area contributed by atoms with Crippen LogP contribution in [0.1, 0.15) is 0 Å². The zero-order valence-corrected chi connectivity index (χ0v) is 7.62. The number of amides is 2. The van der Waals surface area contributed by atoms with Gasteiger partial charge in [0.25, 0.3) is 0 Å². The molecule has 2 amide bonds. The van der Waals surface area contributed by atoms with Crippen LogP contribution in [0, 0.1) is 0 Å². The molecule has 0 radical (unpaired) electrons. The monoisotopic (exact) mass is 200 g/mol. The smallest absolute Gasteiger partial charge is 0.309 e. The first-order chi connectivity index (χ1) is 6.75. The van der Waals surface area contributed by atoms with Gasteiger partial charge in [-0.15, -0.1) is 0 Å². The normalized spacial score (nSPS) is 28.0. The molecule has 0 aliphatic carbocycles. The quantitative estimate of drug-likeness (QED) is 0.407. The average molecular weight is 200 g/mol. The third kappa shape index (κ3) is 2.97. The molecule has 0 saturated carbocycles. The molecule has 2 atom stereocenters. The Labute approximate surface area is 80.9 Å². The second kappa shape index (κ2) is 3.93. The number of hydrogen-bond donors (Lipinski definition) is 2. The molecule has 2 rings (SSSR count). The van der Waals surface area contributed by atoms with Gasteiger partial charge in [-0.2, -0.15) is 0 Å². The summed E-state index contributed by atoms with van der Waals surface area (Å²) in [5.74, 6) is -1.22. The summed E-state index contributed by atoms with van der Waals surface area (Å²) >= 11 is 0. The predicted molar refractivity (Wildman–Crippen MR) is 45.5 cm³/mol. The van der Waals surface area contributed by atoms with E-state index in [-0.39, 0.29) is 12.2 Å². The third-order valence-corrected chi connectivity index (χ3v) is 1.99. The van der Waals surface area contributed by atoms with Gasteiger partial charge in [0.15, 0.2) is 0 Å². The third-order valence-electron chi connectivity index (χ3n) is 1.99. The first-order valence-electron chi connectivity index (χ1n) is 4.55. The van der Waals surface area contributed by atoms with Gasteiger partial charge in [0.2, 0.25) is 0 Å². The van der Waals surface area contributed by atoms with Crippen LogP contribution in [0.3, 0.4) is 0 Å². The van der Waals surface area contributed by atoms with E-state index in [1.54, 1.807) is 0 Å². The number of carbonyl (C=O) groups excluding carboxylic acids is 2. The minimum absolute atomic E-state index is 0.0958. The van der Waals surface area contributed by atoms with E-state index < -0.39 is 11.8 Å². The van der Waals surface area contributed by atoms with Crippen molar-refractivity contribution in [1.29, 1.82) is 0 Å². The summed E-state index contributed by atoms with van der Waals surface area (Å²) in [6, 6.07) is 0. The summed E-state index contributed by atoms with van der Waals surface area (Å²) in [4.78, 5) is 22.2. The number of ether oxygens (including phenoxy) is 2. The molecule has 78 valence electrons. The van der Waals surface area contributed by atoms with Gasteiger partial charge in [-0.25, -0.2) is 0 Å². The summed E-state index contributed by atoms with van der Waals surface area (Å²) in [6.07, 6.45) is 0.192. The largest absolute Gasteiger partial charge is 0.371 e. The molecule has 6 heteroatoms. The molecular formula is C8H12N2O4.